The molecule has 2 aliphatic heterocycles. The van der Waals surface area contributed by atoms with Crippen molar-refractivity contribution >= 4 is 11.6 Å². The molecular formula is C21H34N4O2. The number of nitrogens with one attached hydrogen (secondary N) is 2. The van der Waals surface area contributed by atoms with E-state index < -0.39 is 0 Å². The Kier molecular flexibility index (Phi) is 7.78. The molecule has 0 saturated carbocycles. The standard InChI is InChI=1S/C21H34N4O2/c1-22-21(23-10-5-12-26-16-19-7-4-13-27-19)24-15-17-8-9-20-18(14-17)6-3-11-25(20)2/h8-9,14,19H,3-7,10-13,15-16H2,1-2H3,(H2,22,23,24). The van der Waals surface area contributed by atoms with Crippen molar-refractivity contribution in [3.63, 3.8) is 0 Å². The highest BCUT2D eigenvalue weighted by atomic mass is 16.5. The number of aryl methyl sites for hydroxylation is 1. The van der Waals surface area contributed by atoms with Gasteiger partial charge >= 0.3 is 0 Å². The van der Waals surface area contributed by atoms with Crippen molar-refractivity contribution in [1.82, 2.24) is 10.6 Å². The Morgan fingerprint density at radius 2 is 2.26 bits per heavy atom. The number of hydrogen-bond acceptors (Lipinski definition) is 4. The summed E-state index contributed by atoms with van der Waals surface area (Å²) in [6.45, 7) is 5.14. The first-order chi connectivity index (χ1) is 13.3. The fourth-order valence-electron chi connectivity index (χ4n) is 3.73. The van der Waals surface area contributed by atoms with Gasteiger partial charge in [-0.3, -0.25) is 4.99 Å². The quantitative estimate of drug-likeness (QED) is 0.415. The van der Waals surface area contributed by atoms with Gasteiger partial charge in [0.1, 0.15) is 0 Å². The fraction of sp³-hybridized carbons (Fsp3) is 0.667. The number of ether oxygens (including phenoxy) is 2. The van der Waals surface area contributed by atoms with Crippen LogP contribution in [-0.4, -0.2) is 59.1 Å². The molecule has 6 nitrogen and oxygen atoms in total. The van der Waals surface area contributed by atoms with Gasteiger partial charge in [-0.25, -0.2) is 0 Å². The number of benzene rings is 1. The minimum Gasteiger partial charge on any atom is -0.379 e. The van der Waals surface area contributed by atoms with E-state index in [1.807, 2.05) is 7.05 Å². The summed E-state index contributed by atoms with van der Waals surface area (Å²) < 4.78 is 11.3. The number of hydrogen-bond donors (Lipinski definition) is 2. The molecule has 1 aromatic carbocycles. The zero-order valence-corrected chi connectivity index (χ0v) is 16.8. The molecule has 27 heavy (non-hydrogen) atoms. The first-order valence-corrected chi connectivity index (χ1v) is 10.2. The molecule has 1 saturated heterocycles. The van der Waals surface area contributed by atoms with Crippen LogP contribution in [0.25, 0.3) is 0 Å². The molecule has 150 valence electrons. The van der Waals surface area contributed by atoms with Crippen LogP contribution in [0.1, 0.15) is 36.8 Å². The lowest BCUT2D eigenvalue weighted by Crippen LogP contribution is -2.37. The maximum Gasteiger partial charge on any atom is 0.191 e. The molecule has 1 aromatic rings. The van der Waals surface area contributed by atoms with E-state index in [9.17, 15) is 0 Å². The third-order valence-corrected chi connectivity index (χ3v) is 5.26. The zero-order chi connectivity index (χ0) is 18.9. The van der Waals surface area contributed by atoms with Crippen LogP contribution in [0.3, 0.4) is 0 Å². The molecule has 6 heteroatoms. The number of guanidine groups is 1. The first kappa shape index (κ1) is 20.0. The summed E-state index contributed by atoms with van der Waals surface area (Å²) in [5, 5.41) is 6.76. The summed E-state index contributed by atoms with van der Waals surface area (Å²) >= 11 is 0. The maximum atomic E-state index is 5.69. The molecule has 1 fully saturated rings. The molecule has 2 aliphatic rings. The molecule has 2 heterocycles. The van der Waals surface area contributed by atoms with Gasteiger partial charge in [0.25, 0.3) is 0 Å². The number of nitrogens with zero attached hydrogens (tertiary/aromatic N) is 2. The largest absolute Gasteiger partial charge is 0.379 e. The van der Waals surface area contributed by atoms with Crippen molar-refractivity contribution in [2.24, 2.45) is 4.99 Å². The Balaban J connectivity index is 1.33. The fourth-order valence-corrected chi connectivity index (χ4v) is 3.73. The van der Waals surface area contributed by atoms with E-state index in [4.69, 9.17) is 9.47 Å². The lowest BCUT2D eigenvalue weighted by Gasteiger charge is -2.28. The highest BCUT2D eigenvalue weighted by Crippen LogP contribution is 2.26. The predicted molar refractivity (Wildman–Crippen MR) is 111 cm³/mol. The monoisotopic (exact) mass is 374 g/mol. The minimum atomic E-state index is 0.309. The van der Waals surface area contributed by atoms with E-state index in [0.717, 1.165) is 58.3 Å². The molecule has 0 amide bonds. The lowest BCUT2D eigenvalue weighted by atomic mass is 9.99. The molecule has 1 atom stereocenters. The highest BCUT2D eigenvalue weighted by Gasteiger charge is 2.15. The molecule has 2 N–H and O–H groups in total. The van der Waals surface area contributed by atoms with Gasteiger partial charge in [-0.2, -0.15) is 0 Å². The summed E-state index contributed by atoms with van der Waals surface area (Å²) in [6.07, 6.45) is 5.97. The number of rotatable bonds is 8. The van der Waals surface area contributed by atoms with Gasteiger partial charge in [0.15, 0.2) is 5.96 Å². The van der Waals surface area contributed by atoms with E-state index in [2.05, 4.69) is 45.8 Å². The second kappa shape index (κ2) is 10.5. The second-order valence-electron chi connectivity index (χ2n) is 7.40. The molecule has 1 unspecified atom stereocenters. The molecule has 3 rings (SSSR count). The Labute approximate surface area is 163 Å². The molecular weight excluding hydrogens is 340 g/mol. The third-order valence-electron chi connectivity index (χ3n) is 5.26. The van der Waals surface area contributed by atoms with E-state index in [-0.39, 0.29) is 0 Å². The topological polar surface area (TPSA) is 58.1 Å². The zero-order valence-electron chi connectivity index (χ0n) is 16.8. The first-order valence-electron chi connectivity index (χ1n) is 10.2. The van der Waals surface area contributed by atoms with Crippen molar-refractivity contribution in [1.29, 1.82) is 0 Å². The molecule has 0 aromatic heterocycles. The number of aliphatic imine (C=N–C) groups is 1. The van der Waals surface area contributed by atoms with Crippen molar-refractivity contribution in [3.05, 3.63) is 29.3 Å². The van der Waals surface area contributed by atoms with E-state index >= 15 is 0 Å². The van der Waals surface area contributed by atoms with E-state index in [1.54, 1.807) is 0 Å². The summed E-state index contributed by atoms with van der Waals surface area (Å²) in [5.74, 6) is 0.837. The average molecular weight is 375 g/mol. The Morgan fingerprint density at radius 3 is 3.07 bits per heavy atom. The molecule has 0 spiro atoms. The normalized spacial score (nSPS) is 19.9. The summed E-state index contributed by atoms with van der Waals surface area (Å²) in [7, 11) is 3.98. The molecule has 0 bridgehead atoms. The van der Waals surface area contributed by atoms with Gasteiger partial charge in [0.2, 0.25) is 0 Å². The Morgan fingerprint density at radius 1 is 1.33 bits per heavy atom. The lowest BCUT2D eigenvalue weighted by molar-refractivity contribution is 0.0168. The van der Waals surface area contributed by atoms with Crippen LogP contribution in [0, 0.1) is 0 Å². The maximum absolute atomic E-state index is 5.69. The SMILES string of the molecule is CN=C(NCCCOCC1CCCO1)NCc1ccc2c(c1)CCCN2C. The second-order valence-corrected chi connectivity index (χ2v) is 7.40. The van der Waals surface area contributed by atoms with Crippen LogP contribution < -0.4 is 15.5 Å². The third kappa shape index (κ3) is 6.11. The number of anilines is 1. The van der Waals surface area contributed by atoms with Crippen LogP contribution in [0.4, 0.5) is 5.69 Å². The molecule has 0 radical (unpaired) electrons. The van der Waals surface area contributed by atoms with Crippen LogP contribution in [0.15, 0.2) is 23.2 Å². The van der Waals surface area contributed by atoms with Crippen molar-refractivity contribution in [2.45, 2.75) is 44.8 Å². The van der Waals surface area contributed by atoms with Gasteiger partial charge in [-0.1, -0.05) is 12.1 Å². The molecule has 0 aliphatic carbocycles. The van der Waals surface area contributed by atoms with Crippen molar-refractivity contribution < 1.29 is 9.47 Å². The van der Waals surface area contributed by atoms with Crippen LogP contribution in [-0.2, 0) is 22.4 Å². The Bertz CT molecular complexity index is 614. The smallest absolute Gasteiger partial charge is 0.191 e. The van der Waals surface area contributed by atoms with Crippen LogP contribution in [0.2, 0.25) is 0 Å². The van der Waals surface area contributed by atoms with E-state index in [1.165, 1.54) is 36.1 Å². The predicted octanol–water partition coefficient (Wildman–Crippen LogP) is 2.32. The van der Waals surface area contributed by atoms with Crippen molar-refractivity contribution in [2.75, 3.05) is 51.9 Å². The Hall–Kier alpha value is -1.79. The number of fused-ring (bicyclic) bond motifs is 1. The van der Waals surface area contributed by atoms with Gasteiger partial charge in [-0.15, -0.1) is 0 Å². The van der Waals surface area contributed by atoms with Crippen LogP contribution in [0.5, 0.6) is 0 Å². The van der Waals surface area contributed by atoms with Gasteiger partial charge in [0.05, 0.1) is 12.7 Å². The summed E-state index contributed by atoms with van der Waals surface area (Å²) in [5.41, 5.74) is 4.12. The van der Waals surface area contributed by atoms with Crippen molar-refractivity contribution in [3.8, 4) is 0 Å². The summed E-state index contributed by atoms with van der Waals surface area (Å²) in [6, 6.07) is 6.77. The van der Waals surface area contributed by atoms with Gasteiger partial charge in [-0.05, 0) is 49.3 Å². The van der Waals surface area contributed by atoms with Gasteiger partial charge in [0, 0.05) is 52.6 Å². The highest BCUT2D eigenvalue weighted by molar-refractivity contribution is 5.79. The van der Waals surface area contributed by atoms with E-state index in [0.29, 0.717) is 6.10 Å². The summed E-state index contributed by atoms with van der Waals surface area (Å²) in [4.78, 5) is 6.65. The minimum absolute atomic E-state index is 0.309. The van der Waals surface area contributed by atoms with Gasteiger partial charge < -0.3 is 25.0 Å². The average Bonchev–Trinajstić information content (AvgIpc) is 3.20. The van der Waals surface area contributed by atoms with Crippen LogP contribution >= 0.6 is 0 Å².